The van der Waals surface area contributed by atoms with Crippen molar-refractivity contribution in [2.24, 2.45) is 11.3 Å². The lowest BCUT2D eigenvalue weighted by Gasteiger charge is -2.39. The van der Waals surface area contributed by atoms with E-state index in [1.165, 1.54) is 6.92 Å². The molecule has 0 radical (unpaired) electrons. The highest BCUT2D eigenvalue weighted by Gasteiger charge is 2.41. The van der Waals surface area contributed by atoms with Crippen LogP contribution in [-0.2, 0) is 14.4 Å². The second-order valence-corrected chi connectivity index (χ2v) is 13.3. The van der Waals surface area contributed by atoms with Gasteiger partial charge in [-0.2, -0.15) is 0 Å². The van der Waals surface area contributed by atoms with Crippen molar-refractivity contribution in [1.29, 1.82) is 0 Å². The maximum atomic E-state index is 13.5. The Hall–Kier alpha value is -1.40. The highest BCUT2D eigenvalue weighted by molar-refractivity contribution is 6.37. The van der Waals surface area contributed by atoms with Gasteiger partial charge >= 0.3 is 21.4 Å². The average Bonchev–Trinajstić information content (AvgIpc) is 2.61. The van der Waals surface area contributed by atoms with Crippen LogP contribution in [0.5, 0.6) is 0 Å². The van der Waals surface area contributed by atoms with Crippen molar-refractivity contribution >= 4 is 33.2 Å². The molecule has 9 heteroatoms. The number of aliphatic carboxylic acids is 1. The smallest absolute Gasteiger partial charge is 0.352 e. The van der Waals surface area contributed by atoms with Gasteiger partial charge in [-0.3, -0.25) is 9.59 Å². The van der Waals surface area contributed by atoms with Gasteiger partial charge in [-0.05, 0) is 36.6 Å². The summed E-state index contributed by atoms with van der Waals surface area (Å²) in [6.45, 7) is 15.2. The van der Waals surface area contributed by atoms with E-state index in [4.69, 9.17) is 0 Å². The molecule has 0 aliphatic rings. The van der Waals surface area contributed by atoms with Crippen molar-refractivity contribution in [3.05, 3.63) is 11.6 Å². The number of likely N-dealkylation sites (N-methyl/N-ethyl adjacent to an activating group) is 2. The summed E-state index contributed by atoms with van der Waals surface area (Å²) in [5.41, 5.74) is -0.347. The van der Waals surface area contributed by atoms with Crippen LogP contribution in [0, 0.1) is 11.3 Å². The molecule has 0 aromatic heterocycles. The van der Waals surface area contributed by atoms with Crippen molar-refractivity contribution in [2.45, 2.75) is 77.8 Å². The Balaban J connectivity index is 5.94. The van der Waals surface area contributed by atoms with E-state index in [1.54, 1.807) is 25.1 Å². The molecule has 8 nitrogen and oxygen atoms in total. The minimum atomic E-state index is -1.01. The van der Waals surface area contributed by atoms with Crippen LogP contribution in [0.1, 0.15) is 55.4 Å². The predicted molar refractivity (Wildman–Crippen MR) is 127 cm³/mol. The SMILES string of the molecule is C[NH][AlH][C](C)(C)[C@H](NC)C(=O)N[C@H](C(=O)N(C)[C@H](/C=C(\C)C(=O)O)C(C)C)C(C)(C)C. The molecule has 0 aromatic carbocycles. The molecule has 0 fully saturated rings. The van der Waals surface area contributed by atoms with Crippen LogP contribution < -0.4 is 14.9 Å². The maximum absolute atomic E-state index is 13.5. The van der Waals surface area contributed by atoms with Crippen LogP contribution in [0.4, 0.5) is 0 Å². The van der Waals surface area contributed by atoms with Crippen LogP contribution in [0.3, 0.4) is 0 Å². The van der Waals surface area contributed by atoms with Crippen LogP contribution in [0.15, 0.2) is 11.6 Å². The first-order valence-corrected chi connectivity index (χ1v) is 12.2. The number of carboxylic acids is 1. The molecule has 2 amide bonds. The number of carbonyl (C=O) groups excluding carboxylic acids is 2. The Morgan fingerprint density at radius 2 is 1.55 bits per heavy atom. The summed E-state index contributed by atoms with van der Waals surface area (Å²) in [7, 11) is 5.31. The zero-order valence-corrected chi connectivity index (χ0v) is 22.6. The number of carbonyl (C=O) groups is 3. The van der Waals surface area contributed by atoms with Gasteiger partial charge in [0.2, 0.25) is 11.8 Å². The van der Waals surface area contributed by atoms with E-state index in [2.05, 4.69) is 14.9 Å². The number of amides is 2. The van der Waals surface area contributed by atoms with E-state index in [0.717, 1.165) is 0 Å². The van der Waals surface area contributed by atoms with Crippen LogP contribution in [-0.4, -0.2) is 82.5 Å². The molecule has 4 N–H and O–H groups in total. The molecule has 0 heterocycles. The fraction of sp³-hybridized carbons (Fsp3) is 0.773. The van der Waals surface area contributed by atoms with Gasteiger partial charge in [0.05, 0.1) is 12.1 Å². The molecule has 178 valence electrons. The van der Waals surface area contributed by atoms with Crippen LogP contribution in [0.25, 0.3) is 0 Å². The van der Waals surface area contributed by atoms with Crippen molar-refractivity contribution in [3.63, 3.8) is 0 Å². The van der Waals surface area contributed by atoms with E-state index < -0.39 is 44.9 Å². The van der Waals surface area contributed by atoms with Gasteiger partial charge in [-0.25, -0.2) is 4.79 Å². The third-order valence-corrected chi connectivity index (χ3v) is 7.27. The number of rotatable bonds is 11. The second kappa shape index (κ2) is 12.0. The fourth-order valence-corrected chi connectivity index (χ4v) is 5.24. The lowest BCUT2D eigenvalue weighted by atomic mass is 9.84. The predicted octanol–water partition coefficient (Wildman–Crippen LogP) is 1.39. The summed E-state index contributed by atoms with van der Waals surface area (Å²) in [4.78, 5) is 39.6. The lowest BCUT2D eigenvalue weighted by molar-refractivity contribution is -0.140. The average molecular weight is 455 g/mol. The number of nitrogens with zero attached hydrogens (tertiary/aromatic N) is 1. The molecule has 0 bridgehead atoms. The van der Waals surface area contributed by atoms with E-state index in [0.29, 0.717) is 0 Å². The summed E-state index contributed by atoms with van der Waals surface area (Å²) in [5, 5.41) is 15.4. The first-order valence-electron chi connectivity index (χ1n) is 10.8. The second-order valence-electron chi connectivity index (χ2n) is 10.4. The standard InChI is InChI=1S/C21H38N3O4.CH4N.Al.H/c1-12(2)15(11-14(5)20(27)28)24(10)19(26)17(21(6,7)8)23-18(25)16(22-9)13(3)4;1-2;;/h11-12,15-17,22H,1-10H3,(H,23,25)(H,27,28);2H,1H3;;/q;-1;+1;/b14-11+;;;/t15-,16+,17-;;;/m1.../s1. The molecule has 0 saturated carbocycles. The summed E-state index contributed by atoms with van der Waals surface area (Å²) < 4.78 is 3.00. The van der Waals surface area contributed by atoms with Crippen LogP contribution >= 0.6 is 0 Å². The minimum Gasteiger partial charge on any atom is -0.478 e. The Kier molecular flexibility index (Phi) is 11.5. The molecule has 0 unspecified atom stereocenters. The van der Waals surface area contributed by atoms with Gasteiger partial charge in [-0.15, -0.1) is 0 Å². The van der Waals surface area contributed by atoms with E-state index >= 15 is 0 Å². The molecule has 0 aliphatic carbocycles. The largest absolute Gasteiger partial charge is 0.478 e. The molecule has 0 rings (SSSR count). The monoisotopic (exact) mass is 454 g/mol. The number of nitrogens with one attached hydrogen (secondary N) is 3. The molecule has 0 aromatic rings. The summed E-state index contributed by atoms with van der Waals surface area (Å²) >= 11 is -0.731. The van der Waals surface area contributed by atoms with Crippen LogP contribution in [0.2, 0.25) is 4.28 Å². The molecule has 0 aliphatic heterocycles. The third-order valence-electron chi connectivity index (χ3n) is 5.60. The summed E-state index contributed by atoms with van der Waals surface area (Å²) in [5.74, 6) is -1.46. The van der Waals surface area contributed by atoms with E-state index in [9.17, 15) is 19.5 Å². The first kappa shape index (κ1) is 29.6. The summed E-state index contributed by atoms with van der Waals surface area (Å²) in [6, 6.07) is -1.60. The summed E-state index contributed by atoms with van der Waals surface area (Å²) in [6.07, 6.45) is 1.60. The Labute approximate surface area is 194 Å². The Morgan fingerprint density at radius 1 is 1.03 bits per heavy atom. The lowest BCUT2D eigenvalue weighted by Crippen LogP contribution is -2.61. The Bertz CT molecular complexity index is 671. The minimum absolute atomic E-state index is 0.00480. The van der Waals surface area contributed by atoms with Gasteiger partial charge in [0, 0.05) is 12.6 Å². The first-order chi connectivity index (χ1) is 14.0. The van der Waals surface area contributed by atoms with E-state index in [1.807, 2.05) is 55.5 Å². The van der Waals surface area contributed by atoms with Crippen molar-refractivity contribution in [3.8, 4) is 0 Å². The number of hydrogen-bond donors (Lipinski definition) is 4. The highest BCUT2D eigenvalue weighted by atomic mass is 27.1. The zero-order chi connectivity index (χ0) is 24.7. The van der Waals surface area contributed by atoms with Crippen molar-refractivity contribution in [1.82, 2.24) is 19.8 Å². The topological polar surface area (TPSA) is 111 Å². The Morgan fingerprint density at radius 3 is 1.90 bits per heavy atom. The molecule has 31 heavy (non-hydrogen) atoms. The molecule has 3 atom stereocenters. The molecular weight excluding hydrogens is 411 g/mol. The van der Waals surface area contributed by atoms with Gasteiger partial charge < -0.3 is 24.9 Å². The van der Waals surface area contributed by atoms with Gasteiger partial charge in [0.25, 0.3) is 0 Å². The quantitative estimate of drug-likeness (QED) is 0.277. The number of carboxylic acid groups (broad SMARTS) is 1. The normalized spacial score (nSPS) is 15.8. The van der Waals surface area contributed by atoms with Gasteiger partial charge in [0.1, 0.15) is 6.04 Å². The van der Waals surface area contributed by atoms with Gasteiger partial charge in [0.15, 0.2) is 0 Å². The molecule has 0 spiro atoms. The maximum Gasteiger partial charge on any atom is 0.352 e. The molecular formula is C22H43AlN4O4. The van der Waals surface area contributed by atoms with Crippen molar-refractivity contribution < 1.29 is 19.5 Å². The highest BCUT2D eigenvalue weighted by Crippen LogP contribution is 2.28. The van der Waals surface area contributed by atoms with Gasteiger partial charge in [-0.1, -0.05) is 54.5 Å². The number of hydrogen-bond acceptors (Lipinski definition) is 5. The fourth-order valence-electron chi connectivity index (χ4n) is 3.74. The van der Waals surface area contributed by atoms with E-state index in [-0.39, 0.29) is 27.6 Å². The zero-order valence-electron chi connectivity index (χ0n) is 21.2. The third kappa shape index (κ3) is 8.57. The van der Waals surface area contributed by atoms with Crippen molar-refractivity contribution in [2.75, 3.05) is 21.1 Å². The molecule has 0 saturated heterocycles.